The number of nitrogens with zero attached hydrogens (tertiary/aromatic N) is 1. The van der Waals surface area contributed by atoms with E-state index in [-0.39, 0.29) is 30.4 Å². The molecule has 2 atom stereocenters. The predicted octanol–water partition coefficient (Wildman–Crippen LogP) is 3.23. The highest BCUT2D eigenvalue weighted by molar-refractivity contribution is 7.92. The van der Waals surface area contributed by atoms with Gasteiger partial charge in [-0.25, -0.2) is 8.42 Å². The molecule has 25 heavy (non-hydrogen) atoms. The van der Waals surface area contributed by atoms with E-state index in [1.54, 1.807) is 37.8 Å². The van der Waals surface area contributed by atoms with E-state index in [1.165, 1.54) is 0 Å². The van der Waals surface area contributed by atoms with Gasteiger partial charge in [-0.15, -0.1) is 0 Å². The molecule has 1 fully saturated rings. The maximum Gasteiger partial charge on any atom is 0.249 e. The summed E-state index contributed by atoms with van der Waals surface area (Å²) in [6.45, 7) is 7.30. The number of rotatable bonds is 5. The topological polar surface area (TPSA) is 63.7 Å². The zero-order valence-corrected chi connectivity index (χ0v) is 16.7. The van der Waals surface area contributed by atoms with Gasteiger partial charge in [0.05, 0.1) is 23.1 Å². The van der Waals surface area contributed by atoms with Crippen molar-refractivity contribution in [1.29, 1.82) is 0 Å². The number of carbonyl (C=O) groups excluding carboxylic acids is 1. The van der Waals surface area contributed by atoms with E-state index in [2.05, 4.69) is 0 Å². The van der Waals surface area contributed by atoms with Gasteiger partial charge < -0.3 is 9.64 Å². The molecule has 0 saturated carbocycles. The fraction of sp³-hybridized carbons (Fsp3) is 0.611. The summed E-state index contributed by atoms with van der Waals surface area (Å²) in [4.78, 5) is 14.3. The average molecular weight is 388 g/mol. The molecule has 7 heteroatoms. The van der Waals surface area contributed by atoms with Crippen LogP contribution in [0.1, 0.15) is 45.7 Å². The summed E-state index contributed by atoms with van der Waals surface area (Å²) < 4.78 is 29.9. The molecular weight excluding hydrogens is 362 g/mol. The molecule has 1 heterocycles. The summed E-state index contributed by atoms with van der Waals surface area (Å²) in [5.41, 5.74) is 0.893. The second kappa shape index (κ2) is 7.64. The van der Waals surface area contributed by atoms with Gasteiger partial charge in [0, 0.05) is 11.1 Å². The molecule has 0 spiro atoms. The Morgan fingerprint density at radius 3 is 2.40 bits per heavy atom. The van der Waals surface area contributed by atoms with Crippen molar-refractivity contribution in [1.82, 2.24) is 4.90 Å². The van der Waals surface area contributed by atoms with Gasteiger partial charge in [-0.05, 0) is 44.9 Å². The van der Waals surface area contributed by atoms with Gasteiger partial charge in [-0.3, -0.25) is 4.79 Å². The van der Waals surface area contributed by atoms with Crippen molar-refractivity contribution in [3.05, 3.63) is 34.9 Å². The number of amides is 1. The Hall–Kier alpha value is -1.11. The fourth-order valence-corrected chi connectivity index (χ4v) is 4.41. The molecule has 1 saturated heterocycles. The number of halogens is 1. The van der Waals surface area contributed by atoms with E-state index in [9.17, 15) is 13.2 Å². The summed E-state index contributed by atoms with van der Waals surface area (Å²) in [5.74, 6) is -0.231. The SMILES string of the molecule is CCC(CS(=O)(=O)C(C)(C)C)N1C(=O)COCC1c1ccc(Cl)cc1. The molecule has 1 aromatic carbocycles. The van der Waals surface area contributed by atoms with Crippen molar-refractivity contribution in [2.24, 2.45) is 0 Å². The Bertz CT molecular complexity index is 710. The van der Waals surface area contributed by atoms with Gasteiger partial charge in [0.2, 0.25) is 5.91 Å². The van der Waals surface area contributed by atoms with Crippen molar-refractivity contribution >= 4 is 27.3 Å². The first-order valence-electron chi connectivity index (χ1n) is 8.43. The van der Waals surface area contributed by atoms with Gasteiger partial charge >= 0.3 is 0 Å². The Balaban J connectivity index is 2.35. The lowest BCUT2D eigenvalue weighted by Crippen LogP contribution is -2.52. The van der Waals surface area contributed by atoms with Crippen molar-refractivity contribution in [2.45, 2.75) is 50.9 Å². The number of benzene rings is 1. The molecule has 1 amide bonds. The van der Waals surface area contributed by atoms with Crippen LogP contribution < -0.4 is 0 Å². The molecule has 0 radical (unpaired) electrons. The molecule has 5 nitrogen and oxygen atoms in total. The second-order valence-electron chi connectivity index (χ2n) is 7.34. The van der Waals surface area contributed by atoms with E-state index in [1.807, 2.05) is 19.1 Å². The molecule has 1 aromatic rings. The lowest BCUT2D eigenvalue weighted by atomic mass is 10.0. The fourth-order valence-electron chi connectivity index (χ4n) is 2.88. The lowest BCUT2D eigenvalue weighted by Gasteiger charge is -2.41. The molecule has 0 aromatic heterocycles. The number of ether oxygens (including phenoxy) is 1. The third-order valence-electron chi connectivity index (χ3n) is 4.59. The smallest absolute Gasteiger partial charge is 0.249 e. The second-order valence-corrected chi connectivity index (χ2v) is 10.6. The molecule has 2 unspecified atom stereocenters. The first kappa shape index (κ1) is 20.2. The highest BCUT2D eigenvalue weighted by Gasteiger charge is 2.39. The maximum atomic E-state index is 12.7. The summed E-state index contributed by atoms with van der Waals surface area (Å²) in [7, 11) is -3.35. The first-order chi connectivity index (χ1) is 11.6. The summed E-state index contributed by atoms with van der Waals surface area (Å²) in [6, 6.07) is 6.54. The predicted molar refractivity (Wildman–Crippen MR) is 99.5 cm³/mol. The van der Waals surface area contributed by atoms with Crippen LogP contribution in [0.5, 0.6) is 0 Å². The van der Waals surface area contributed by atoms with Crippen LogP contribution in [-0.4, -0.2) is 49.0 Å². The Kier molecular flexibility index (Phi) is 6.17. The van der Waals surface area contributed by atoms with Crippen LogP contribution in [0.15, 0.2) is 24.3 Å². The summed E-state index contributed by atoms with van der Waals surface area (Å²) >= 11 is 5.95. The Morgan fingerprint density at radius 2 is 1.88 bits per heavy atom. The van der Waals surface area contributed by atoms with Crippen LogP contribution >= 0.6 is 11.6 Å². The molecule has 0 bridgehead atoms. The molecular formula is C18H26ClNO4S. The van der Waals surface area contributed by atoms with Crippen molar-refractivity contribution in [3.8, 4) is 0 Å². The number of carbonyl (C=O) groups is 1. The lowest BCUT2D eigenvalue weighted by molar-refractivity contribution is -0.151. The van der Waals surface area contributed by atoms with E-state index < -0.39 is 14.6 Å². The van der Waals surface area contributed by atoms with Crippen LogP contribution in [0.25, 0.3) is 0 Å². The van der Waals surface area contributed by atoms with Crippen LogP contribution in [0.4, 0.5) is 0 Å². The van der Waals surface area contributed by atoms with Gasteiger partial charge in [0.25, 0.3) is 0 Å². The molecule has 0 N–H and O–H groups in total. The molecule has 0 aliphatic carbocycles. The molecule has 1 aliphatic rings. The number of hydrogen-bond acceptors (Lipinski definition) is 4. The van der Waals surface area contributed by atoms with Gasteiger partial charge in [0.1, 0.15) is 6.61 Å². The largest absolute Gasteiger partial charge is 0.369 e. The summed E-state index contributed by atoms with van der Waals surface area (Å²) in [5, 5.41) is 0.612. The van der Waals surface area contributed by atoms with E-state index in [4.69, 9.17) is 16.3 Å². The van der Waals surface area contributed by atoms with Gasteiger partial charge in [0.15, 0.2) is 9.84 Å². The van der Waals surface area contributed by atoms with Crippen LogP contribution in [0.2, 0.25) is 5.02 Å². The van der Waals surface area contributed by atoms with Gasteiger partial charge in [-0.2, -0.15) is 0 Å². The average Bonchev–Trinajstić information content (AvgIpc) is 2.52. The minimum Gasteiger partial charge on any atom is -0.369 e. The first-order valence-corrected chi connectivity index (χ1v) is 10.5. The summed E-state index contributed by atoms with van der Waals surface area (Å²) in [6.07, 6.45) is 0.561. The standard InChI is InChI=1S/C18H26ClNO4S/c1-5-15(12-25(22,23)18(2,3)4)20-16(10-24-11-17(20)21)13-6-8-14(19)9-7-13/h6-9,15-16H,5,10-12H2,1-4H3. The highest BCUT2D eigenvalue weighted by atomic mass is 35.5. The van der Waals surface area contributed by atoms with Gasteiger partial charge in [-0.1, -0.05) is 30.7 Å². The monoisotopic (exact) mass is 387 g/mol. The van der Waals surface area contributed by atoms with E-state index in [0.717, 1.165) is 5.56 Å². The van der Waals surface area contributed by atoms with Crippen LogP contribution in [-0.2, 0) is 19.4 Å². The highest BCUT2D eigenvalue weighted by Crippen LogP contribution is 2.30. The third kappa shape index (κ3) is 4.54. The minimum atomic E-state index is -3.35. The number of morpholine rings is 1. The molecule has 1 aliphatic heterocycles. The maximum absolute atomic E-state index is 12.7. The van der Waals surface area contributed by atoms with Crippen molar-refractivity contribution in [2.75, 3.05) is 19.0 Å². The normalized spacial score (nSPS) is 20.6. The zero-order chi connectivity index (χ0) is 18.8. The Labute approximate surface area is 155 Å². The van der Waals surface area contributed by atoms with Crippen LogP contribution in [0, 0.1) is 0 Å². The quantitative estimate of drug-likeness (QED) is 0.778. The van der Waals surface area contributed by atoms with Crippen molar-refractivity contribution < 1.29 is 17.9 Å². The molecule has 2 rings (SSSR count). The number of hydrogen-bond donors (Lipinski definition) is 0. The number of sulfone groups is 1. The molecule has 140 valence electrons. The Morgan fingerprint density at radius 1 is 1.28 bits per heavy atom. The third-order valence-corrected chi connectivity index (χ3v) is 7.53. The van der Waals surface area contributed by atoms with Crippen LogP contribution in [0.3, 0.4) is 0 Å². The minimum absolute atomic E-state index is 0.0177. The van der Waals surface area contributed by atoms with E-state index in [0.29, 0.717) is 18.1 Å². The zero-order valence-electron chi connectivity index (χ0n) is 15.2. The van der Waals surface area contributed by atoms with E-state index >= 15 is 0 Å². The van der Waals surface area contributed by atoms with Crippen molar-refractivity contribution in [3.63, 3.8) is 0 Å².